The van der Waals surface area contributed by atoms with Crippen LogP contribution in [-0.2, 0) is 4.74 Å². The number of nitrogen functional groups attached to an aromatic ring is 1. The lowest BCUT2D eigenvalue weighted by molar-refractivity contribution is 0.171. The molecule has 1 rings (SSSR count). The van der Waals surface area contributed by atoms with Crippen LogP contribution in [0.1, 0.15) is 20.8 Å². The van der Waals surface area contributed by atoms with Gasteiger partial charge in [-0.25, -0.2) is 0 Å². The molecular formula is C14H24N2O2. The number of nitrogens with one attached hydrogen (secondary N) is 1. The van der Waals surface area contributed by atoms with Crippen LogP contribution in [0, 0.1) is 5.92 Å². The Morgan fingerprint density at radius 3 is 2.61 bits per heavy atom. The van der Waals surface area contributed by atoms with Gasteiger partial charge in [0.15, 0.2) is 0 Å². The van der Waals surface area contributed by atoms with Crippen LogP contribution in [0.2, 0.25) is 0 Å². The number of hydrogen-bond acceptors (Lipinski definition) is 4. The van der Waals surface area contributed by atoms with E-state index < -0.39 is 0 Å². The smallest absolute Gasteiger partial charge is 0.144 e. The van der Waals surface area contributed by atoms with E-state index >= 15 is 0 Å². The molecule has 0 bridgehead atoms. The lowest BCUT2D eigenvalue weighted by atomic mass is 10.0. The fraction of sp³-hybridized carbons (Fsp3) is 0.571. The summed E-state index contributed by atoms with van der Waals surface area (Å²) in [5.74, 6) is 1.18. The molecule has 4 nitrogen and oxygen atoms in total. The van der Waals surface area contributed by atoms with E-state index in [4.69, 9.17) is 15.2 Å². The summed E-state index contributed by atoms with van der Waals surface area (Å²) in [6.45, 7) is 7.51. The summed E-state index contributed by atoms with van der Waals surface area (Å²) in [7, 11) is 1.71. The first-order chi connectivity index (χ1) is 8.60. The fourth-order valence-corrected chi connectivity index (χ4v) is 1.73. The van der Waals surface area contributed by atoms with Gasteiger partial charge in [0.05, 0.1) is 30.6 Å². The van der Waals surface area contributed by atoms with Gasteiger partial charge in [0, 0.05) is 7.11 Å². The Morgan fingerprint density at radius 1 is 1.33 bits per heavy atom. The highest BCUT2D eigenvalue weighted by Gasteiger charge is 2.15. The average molecular weight is 252 g/mol. The first-order valence-electron chi connectivity index (χ1n) is 6.36. The molecule has 0 spiro atoms. The van der Waals surface area contributed by atoms with Gasteiger partial charge < -0.3 is 20.5 Å². The summed E-state index contributed by atoms with van der Waals surface area (Å²) in [4.78, 5) is 0. The fourth-order valence-electron chi connectivity index (χ4n) is 1.73. The second-order valence-electron chi connectivity index (χ2n) is 4.60. The van der Waals surface area contributed by atoms with Gasteiger partial charge in [-0.05, 0) is 25.0 Å². The van der Waals surface area contributed by atoms with Crippen molar-refractivity contribution in [1.29, 1.82) is 0 Å². The molecule has 4 heteroatoms. The van der Waals surface area contributed by atoms with Gasteiger partial charge in [0.25, 0.3) is 0 Å². The van der Waals surface area contributed by atoms with E-state index in [0.29, 0.717) is 24.8 Å². The van der Waals surface area contributed by atoms with Crippen LogP contribution in [0.3, 0.4) is 0 Å². The molecule has 0 fully saturated rings. The largest absolute Gasteiger partial charge is 0.492 e. The molecule has 0 aliphatic heterocycles. The third-order valence-corrected chi connectivity index (χ3v) is 2.86. The summed E-state index contributed by atoms with van der Waals surface area (Å²) in [6.07, 6.45) is 0. The van der Waals surface area contributed by atoms with Crippen molar-refractivity contribution < 1.29 is 9.47 Å². The molecular weight excluding hydrogens is 228 g/mol. The Hall–Kier alpha value is -1.42. The predicted molar refractivity (Wildman–Crippen MR) is 76.1 cm³/mol. The number of methoxy groups -OCH3 is 1. The summed E-state index contributed by atoms with van der Waals surface area (Å²) in [6, 6.07) is 6.01. The van der Waals surface area contributed by atoms with Crippen LogP contribution in [0.4, 0.5) is 11.4 Å². The number of rotatable bonds is 7. The minimum Gasteiger partial charge on any atom is -0.492 e. The van der Waals surface area contributed by atoms with Gasteiger partial charge in [-0.2, -0.15) is 0 Å². The molecule has 0 aliphatic carbocycles. The zero-order valence-electron chi connectivity index (χ0n) is 11.7. The maximum absolute atomic E-state index is 6.09. The zero-order chi connectivity index (χ0) is 13.5. The second-order valence-corrected chi connectivity index (χ2v) is 4.60. The standard InChI is InChI=1S/C14H24N2O2/c1-5-18-13-8-6-7-11(14(13)15)16-12(9-17-4)10(2)3/h6-8,10,12,16H,5,9,15H2,1-4H3. The predicted octanol–water partition coefficient (Wildman–Crippen LogP) is 2.75. The van der Waals surface area contributed by atoms with E-state index in [2.05, 4.69) is 19.2 Å². The highest BCUT2D eigenvalue weighted by atomic mass is 16.5. The van der Waals surface area contributed by atoms with Gasteiger partial charge in [0.1, 0.15) is 5.75 Å². The minimum atomic E-state index is 0.231. The summed E-state index contributed by atoms with van der Waals surface area (Å²) in [5, 5.41) is 3.42. The molecule has 0 aromatic heterocycles. The third-order valence-electron chi connectivity index (χ3n) is 2.86. The molecule has 0 aliphatic rings. The normalized spacial score (nSPS) is 12.5. The number of hydrogen-bond donors (Lipinski definition) is 2. The quantitative estimate of drug-likeness (QED) is 0.733. The van der Waals surface area contributed by atoms with Crippen LogP contribution >= 0.6 is 0 Å². The Bertz CT molecular complexity index is 367. The maximum Gasteiger partial charge on any atom is 0.144 e. The van der Waals surface area contributed by atoms with Gasteiger partial charge in [-0.3, -0.25) is 0 Å². The van der Waals surface area contributed by atoms with Crippen molar-refractivity contribution in [3.05, 3.63) is 18.2 Å². The van der Waals surface area contributed by atoms with E-state index in [1.165, 1.54) is 0 Å². The van der Waals surface area contributed by atoms with Crippen LogP contribution in [0.5, 0.6) is 5.75 Å². The molecule has 0 saturated carbocycles. The Labute approximate surface area is 109 Å². The molecule has 1 aromatic rings. The number of ether oxygens (including phenoxy) is 2. The van der Waals surface area contributed by atoms with Crippen molar-refractivity contribution in [2.45, 2.75) is 26.8 Å². The van der Waals surface area contributed by atoms with Gasteiger partial charge in [-0.15, -0.1) is 0 Å². The van der Waals surface area contributed by atoms with Crippen LogP contribution < -0.4 is 15.8 Å². The number of benzene rings is 1. The van der Waals surface area contributed by atoms with E-state index in [0.717, 1.165) is 11.4 Å². The van der Waals surface area contributed by atoms with Crippen LogP contribution in [0.15, 0.2) is 18.2 Å². The first kappa shape index (κ1) is 14.6. The number of nitrogens with two attached hydrogens (primary N) is 1. The molecule has 0 amide bonds. The molecule has 1 atom stereocenters. The SMILES string of the molecule is CCOc1cccc(NC(COC)C(C)C)c1N. The van der Waals surface area contributed by atoms with E-state index in [-0.39, 0.29) is 6.04 Å². The number of para-hydroxylation sites is 1. The van der Waals surface area contributed by atoms with Gasteiger partial charge >= 0.3 is 0 Å². The number of anilines is 2. The summed E-state index contributed by atoms with van der Waals surface area (Å²) < 4.78 is 10.7. The summed E-state index contributed by atoms with van der Waals surface area (Å²) in [5.41, 5.74) is 7.64. The topological polar surface area (TPSA) is 56.5 Å². The average Bonchev–Trinajstić information content (AvgIpc) is 2.33. The Balaban J connectivity index is 2.85. The van der Waals surface area contributed by atoms with E-state index in [9.17, 15) is 0 Å². The highest BCUT2D eigenvalue weighted by molar-refractivity contribution is 5.73. The lowest BCUT2D eigenvalue weighted by Crippen LogP contribution is -2.30. The van der Waals surface area contributed by atoms with Crippen LogP contribution in [-0.4, -0.2) is 26.4 Å². The monoisotopic (exact) mass is 252 g/mol. The van der Waals surface area contributed by atoms with Gasteiger partial charge in [-0.1, -0.05) is 19.9 Å². The van der Waals surface area contributed by atoms with Crippen molar-refractivity contribution in [1.82, 2.24) is 0 Å². The lowest BCUT2D eigenvalue weighted by Gasteiger charge is -2.24. The molecule has 1 unspecified atom stereocenters. The molecule has 3 N–H and O–H groups in total. The molecule has 0 heterocycles. The van der Waals surface area contributed by atoms with E-state index in [1.807, 2.05) is 25.1 Å². The molecule has 18 heavy (non-hydrogen) atoms. The van der Waals surface area contributed by atoms with E-state index in [1.54, 1.807) is 7.11 Å². The van der Waals surface area contributed by atoms with Crippen molar-refractivity contribution >= 4 is 11.4 Å². The van der Waals surface area contributed by atoms with Gasteiger partial charge in [0.2, 0.25) is 0 Å². The Morgan fingerprint density at radius 2 is 2.06 bits per heavy atom. The second kappa shape index (κ2) is 7.11. The zero-order valence-corrected chi connectivity index (χ0v) is 11.7. The Kier molecular flexibility index (Phi) is 5.78. The highest BCUT2D eigenvalue weighted by Crippen LogP contribution is 2.30. The molecule has 0 radical (unpaired) electrons. The minimum absolute atomic E-state index is 0.231. The van der Waals surface area contributed by atoms with Crippen molar-refractivity contribution in [3.63, 3.8) is 0 Å². The maximum atomic E-state index is 6.09. The third kappa shape index (κ3) is 3.81. The summed E-state index contributed by atoms with van der Waals surface area (Å²) >= 11 is 0. The molecule has 102 valence electrons. The first-order valence-corrected chi connectivity index (χ1v) is 6.36. The van der Waals surface area contributed by atoms with Crippen LogP contribution in [0.25, 0.3) is 0 Å². The molecule has 0 saturated heterocycles. The molecule has 1 aromatic carbocycles. The van der Waals surface area contributed by atoms with Crippen molar-refractivity contribution in [3.8, 4) is 5.75 Å². The van der Waals surface area contributed by atoms with Crippen molar-refractivity contribution in [2.75, 3.05) is 31.4 Å². The van der Waals surface area contributed by atoms with Crippen molar-refractivity contribution in [2.24, 2.45) is 5.92 Å².